The third-order valence-electron chi connectivity index (χ3n) is 1.92. The lowest BCUT2D eigenvalue weighted by Gasteiger charge is -2.10. The average Bonchev–Trinajstić information content (AvgIpc) is 2.29. The summed E-state index contributed by atoms with van der Waals surface area (Å²) < 4.78 is 5.24. The number of aromatic nitrogens is 2. The molecule has 0 bridgehead atoms. The quantitative estimate of drug-likeness (QED) is 0.604. The van der Waals surface area contributed by atoms with Gasteiger partial charge in [0.05, 0.1) is 6.61 Å². The fraction of sp³-hybridized carbons (Fsp3) is 0.500. The Hall–Kier alpha value is -2.05. The Morgan fingerprint density at radius 3 is 2.88 bits per heavy atom. The van der Waals surface area contributed by atoms with Crippen LogP contribution >= 0.6 is 0 Å². The van der Waals surface area contributed by atoms with Gasteiger partial charge in [-0.05, 0) is 6.92 Å². The molecule has 0 aromatic carbocycles. The van der Waals surface area contributed by atoms with Crippen LogP contribution in [0.3, 0.4) is 0 Å². The van der Waals surface area contributed by atoms with Crippen LogP contribution in [0.4, 0.5) is 11.5 Å². The minimum atomic E-state index is -0.0718. The Morgan fingerprint density at radius 2 is 2.24 bits per heavy atom. The smallest absolute Gasteiger partial charge is 0.242 e. The van der Waals surface area contributed by atoms with Crippen molar-refractivity contribution in [3.05, 3.63) is 6.33 Å². The maximum Gasteiger partial charge on any atom is 0.242 e. The van der Waals surface area contributed by atoms with Gasteiger partial charge in [-0.15, -0.1) is 0 Å². The second-order valence-corrected chi connectivity index (χ2v) is 3.28. The second kappa shape index (κ2) is 6.51. The third-order valence-corrected chi connectivity index (χ3v) is 1.92. The highest BCUT2D eigenvalue weighted by Crippen LogP contribution is 2.23. The van der Waals surface area contributed by atoms with E-state index in [1.165, 1.54) is 13.3 Å². The molecule has 1 heterocycles. The van der Waals surface area contributed by atoms with Crippen molar-refractivity contribution in [3.63, 3.8) is 0 Å². The first-order valence-electron chi connectivity index (χ1n) is 5.36. The summed E-state index contributed by atoms with van der Waals surface area (Å²) in [5.41, 5.74) is 6.18. The van der Waals surface area contributed by atoms with E-state index in [2.05, 4.69) is 20.6 Å². The Morgan fingerprint density at radius 1 is 1.47 bits per heavy atom. The van der Waals surface area contributed by atoms with Gasteiger partial charge in [-0.25, -0.2) is 4.98 Å². The minimum Gasteiger partial charge on any atom is -0.476 e. The Bertz CT molecular complexity index is 383. The number of hydrogen-bond acceptors (Lipinski definition) is 6. The van der Waals surface area contributed by atoms with E-state index in [1.807, 2.05) is 6.92 Å². The van der Waals surface area contributed by atoms with Gasteiger partial charge in [-0.2, -0.15) is 4.98 Å². The number of nitrogens with two attached hydrogens (primary N) is 1. The van der Waals surface area contributed by atoms with Crippen molar-refractivity contribution in [2.75, 3.05) is 30.7 Å². The van der Waals surface area contributed by atoms with Crippen LogP contribution in [0.2, 0.25) is 0 Å². The van der Waals surface area contributed by atoms with E-state index >= 15 is 0 Å². The minimum absolute atomic E-state index is 0.0718. The molecule has 0 atom stereocenters. The van der Waals surface area contributed by atoms with Crippen LogP contribution in [0, 0.1) is 0 Å². The molecule has 0 aliphatic carbocycles. The van der Waals surface area contributed by atoms with E-state index in [0.717, 1.165) is 0 Å². The molecular weight excluding hydrogens is 222 g/mol. The SMILES string of the molecule is CCOc1ncnc(NCCNC(C)=O)c1N. The fourth-order valence-electron chi connectivity index (χ4n) is 1.19. The predicted octanol–water partition coefficient (Wildman–Crippen LogP) is 0.00550. The monoisotopic (exact) mass is 239 g/mol. The molecule has 0 radical (unpaired) electrons. The lowest BCUT2D eigenvalue weighted by molar-refractivity contribution is -0.118. The van der Waals surface area contributed by atoms with Gasteiger partial charge in [0.1, 0.15) is 12.0 Å². The summed E-state index contributed by atoms with van der Waals surface area (Å²) in [6.07, 6.45) is 1.38. The van der Waals surface area contributed by atoms with Crippen LogP contribution in [0.25, 0.3) is 0 Å². The van der Waals surface area contributed by atoms with Crippen molar-refractivity contribution in [1.29, 1.82) is 0 Å². The maximum atomic E-state index is 10.7. The van der Waals surface area contributed by atoms with Crippen molar-refractivity contribution < 1.29 is 9.53 Å². The molecule has 0 saturated carbocycles. The van der Waals surface area contributed by atoms with Crippen LogP contribution < -0.4 is 21.1 Å². The first kappa shape index (κ1) is 13.0. The molecule has 7 nitrogen and oxygen atoms in total. The van der Waals surface area contributed by atoms with Crippen LogP contribution in [-0.4, -0.2) is 35.6 Å². The van der Waals surface area contributed by atoms with E-state index in [-0.39, 0.29) is 5.91 Å². The molecule has 4 N–H and O–H groups in total. The first-order valence-corrected chi connectivity index (χ1v) is 5.36. The predicted molar refractivity (Wildman–Crippen MR) is 64.8 cm³/mol. The second-order valence-electron chi connectivity index (χ2n) is 3.28. The molecule has 94 valence electrons. The van der Waals surface area contributed by atoms with Gasteiger partial charge < -0.3 is 21.1 Å². The lowest BCUT2D eigenvalue weighted by atomic mass is 10.4. The molecule has 0 saturated heterocycles. The maximum absolute atomic E-state index is 10.7. The molecule has 1 aromatic heterocycles. The van der Waals surface area contributed by atoms with Gasteiger partial charge >= 0.3 is 0 Å². The number of amides is 1. The lowest BCUT2D eigenvalue weighted by Crippen LogP contribution is -2.26. The van der Waals surface area contributed by atoms with E-state index < -0.39 is 0 Å². The highest BCUT2D eigenvalue weighted by Gasteiger charge is 2.07. The van der Waals surface area contributed by atoms with Gasteiger partial charge in [-0.3, -0.25) is 4.79 Å². The number of ether oxygens (including phenoxy) is 1. The number of anilines is 2. The van der Waals surface area contributed by atoms with Gasteiger partial charge in [0, 0.05) is 20.0 Å². The summed E-state index contributed by atoms with van der Waals surface area (Å²) in [6.45, 7) is 4.85. The Kier molecular flexibility index (Phi) is 4.99. The number of carbonyl (C=O) groups excluding carboxylic acids is 1. The standard InChI is InChI=1S/C10H17N5O2/c1-3-17-10-8(11)9(14-6-15-10)13-5-4-12-7(2)16/h6H,3-5,11H2,1-2H3,(H,12,16)(H,13,14,15). The number of rotatable bonds is 6. The van der Waals surface area contributed by atoms with Gasteiger partial charge in [0.25, 0.3) is 0 Å². The number of nitrogen functional groups attached to an aromatic ring is 1. The molecule has 0 spiro atoms. The largest absolute Gasteiger partial charge is 0.476 e. The summed E-state index contributed by atoms with van der Waals surface area (Å²) >= 11 is 0. The molecule has 0 aliphatic rings. The molecule has 0 fully saturated rings. The fourth-order valence-corrected chi connectivity index (χ4v) is 1.19. The average molecular weight is 239 g/mol. The zero-order valence-electron chi connectivity index (χ0n) is 9.99. The zero-order chi connectivity index (χ0) is 12.7. The van der Waals surface area contributed by atoms with Crippen LogP contribution in [0.15, 0.2) is 6.33 Å². The number of nitrogens with zero attached hydrogens (tertiary/aromatic N) is 2. The van der Waals surface area contributed by atoms with Gasteiger partial charge in [0.15, 0.2) is 5.82 Å². The van der Waals surface area contributed by atoms with Crippen LogP contribution in [0.5, 0.6) is 5.88 Å². The van der Waals surface area contributed by atoms with Gasteiger partial charge in [-0.1, -0.05) is 0 Å². The van der Waals surface area contributed by atoms with Crippen LogP contribution in [0.1, 0.15) is 13.8 Å². The van der Waals surface area contributed by atoms with Crippen molar-refractivity contribution in [1.82, 2.24) is 15.3 Å². The van der Waals surface area contributed by atoms with Crippen molar-refractivity contribution in [2.24, 2.45) is 0 Å². The highest BCUT2D eigenvalue weighted by atomic mass is 16.5. The molecule has 1 amide bonds. The normalized spacial score (nSPS) is 9.76. The number of nitrogens with one attached hydrogen (secondary N) is 2. The van der Waals surface area contributed by atoms with E-state index in [4.69, 9.17) is 10.5 Å². The molecule has 0 unspecified atom stereocenters. The summed E-state index contributed by atoms with van der Waals surface area (Å²) in [4.78, 5) is 18.6. The molecule has 1 rings (SSSR count). The third kappa shape index (κ3) is 4.13. The summed E-state index contributed by atoms with van der Waals surface area (Å²) in [5.74, 6) is 0.802. The van der Waals surface area contributed by atoms with Crippen LogP contribution in [-0.2, 0) is 4.79 Å². The first-order chi connectivity index (χ1) is 8.15. The van der Waals surface area contributed by atoms with Crippen molar-refractivity contribution in [2.45, 2.75) is 13.8 Å². The molecular formula is C10H17N5O2. The van der Waals surface area contributed by atoms with Crippen molar-refractivity contribution in [3.8, 4) is 5.88 Å². The molecule has 7 heteroatoms. The Balaban J connectivity index is 2.53. The Labute approximate surface area is 99.8 Å². The highest BCUT2D eigenvalue weighted by molar-refractivity contribution is 5.72. The van der Waals surface area contributed by atoms with E-state index in [0.29, 0.717) is 37.1 Å². The van der Waals surface area contributed by atoms with E-state index in [9.17, 15) is 4.79 Å². The van der Waals surface area contributed by atoms with Crippen molar-refractivity contribution >= 4 is 17.4 Å². The zero-order valence-corrected chi connectivity index (χ0v) is 9.99. The number of carbonyl (C=O) groups is 1. The van der Waals surface area contributed by atoms with Gasteiger partial charge in [0.2, 0.25) is 11.8 Å². The summed E-state index contributed by atoms with van der Waals surface area (Å²) in [6, 6.07) is 0. The topological polar surface area (TPSA) is 102 Å². The summed E-state index contributed by atoms with van der Waals surface area (Å²) in [7, 11) is 0. The van der Waals surface area contributed by atoms with E-state index in [1.54, 1.807) is 0 Å². The number of hydrogen-bond donors (Lipinski definition) is 3. The molecule has 17 heavy (non-hydrogen) atoms. The summed E-state index contributed by atoms with van der Waals surface area (Å²) in [5, 5.41) is 5.65. The molecule has 0 aliphatic heterocycles. The molecule has 1 aromatic rings.